The zero-order valence-corrected chi connectivity index (χ0v) is 9.94. The number of hydrogen-bond donors (Lipinski definition) is 4. The third-order valence-corrected chi connectivity index (χ3v) is 2.67. The van der Waals surface area contributed by atoms with Crippen LogP contribution in [-0.4, -0.2) is 40.5 Å². The number of aliphatic hydroxyl groups is 2. The third kappa shape index (κ3) is 3.19. The van der Waals surface area contributed by atoms with Crippen molar-refractivity contribution in [3.05, 3.63) is 28.2 Å². The molecule has 4 N–H and O–H groups in total. The van der Waals surface area contributed by atoms with Gasteiger partial charge >= 0.3 is 5.97 Å². The van der Waals surface area contributed by atoms with Crippen molar-refractivity contribution in [2.75, 3.05) is 18.5 Å². The van der Waals surface area contributed by atoms with E-state index in [4.69, 9.17) is 15.3 Å². The number of hydrogen-bond acceptors (Lipinski definition) is 4. The molecule has 0 radical (unpaired) electrons. The van der Waals surface area contributed by atoms with E-state index in [-0.39, 0.29) is 18.8 Å². The molecule has 0 amide bonds. The van der Waals surface area contributed by atoms with Crippen LogP contribution in [0.15, 0.2) is 22.7 Å². The monoisotopic (exact) mass is 289 g/mol. The largest absolute Gasteiger partial charge is 0.478 e. The van der Waals surface area contributed by atoms with Crippen LogP contribution >= 0.6 is 15.9 Å². The molecule has 88 valence electrons. The lowest BCUT2D eigenvalue weighted by atomic mass is 10.2. The molecule has 0 spiro atoms. The van der Waals surface area contributed by atoms with Crippen LogP contribution in [0.5, 0.6) is 0 Å². The van der Waals surface area contributed by atoms with Crippen LogP contribution in [0, 0.1) is 0 Å². The molecule has 0 unspecified atom stereocenters. The van der Waals surface area contributed by atoms with Gasteiger partial charge in [0.2, 0.25) is 0 Å². The lowest BCUT2D eigenvalue weighted by Gasteiger charge is -2.15. The Morgan fingerprint density at radius 1 is 1.38 bits per heavy atom. The van der Waals surface area contributed by atoms with Crippen molar-refractivity contribution in [2.45, 2.75) is 6.04 Å². The molecule has 0 aromatic heterocycles. The molecule has 16 heavy (non-hydrogen) atoms. The Hall–Kier alpha value is -1.11. The summed E-state index contributed by atoms with van der Waals surface area (Å²) < 4.78 is 0.444. The first-order chi connectivity index (χ1) is 7.58. The van der Waals surface area contributed by atoms with Gasteiger partial charge < -0.3 is 20.6 Å². The lowest BCUT2D eigenvalue weighted by molar-refractivity contribution is 0.0696. The number of carboxylic acid groups (broad SMARTS) is 1. The number of benzene rings is 1. The molecular weight excluding hydrogens is 278 g/mol. The highest BCUT2D eigenvalue weighted by molar-refractivity contribution is 9.10. The molecule has 0 aliphatic heterocycles. The predicted molar refractivity (Wildman–Crippen MR) is 62.7 cm³/mol. The maximum absolute atomic E-state index is 10.7. The summed E-state index contributed by atoms with van der Waals surface area (Å²) in [5.41, 5.74) is 0.792. The average molecular weight is 290 g/mol. The predicted octanol–water partition coefficient (Wildman–Crippen LogP) is 0.912. The summed E-state index contributed by atoms with van der Waals surface area (Å²) in [6, 6.07) is 4.15. The SMILES string of the molecule is O=C(O)c1ccc(NC(CO)CO)cc1Br. The second-order valence-electron chi connectivity index (χ2n) is 3.21. The van der Waals surface area contributed by atoms with Gasteiger partial charge in [0.25, 0.3) is 0 Å². The average Bonchev–Trinajstić information content (AvgIpc) is 2.25. The number of carbonyl (C=O) groups is 1. The van der Waals surface area contributed by atoms with Gasteiger partial charge in [0.05, 0.1) is 24.8 Å². The molecule has 0 aliphatic carbocycles. The minimum absolute atomic E-state index is 0.162. The number of aromatic carboxylic acids is 1. The van der Waals surface area contributed by atoms with Crippen molar-refractivity contribution < 1.29 is 20.1 Å². The van der Waals surface area contributed by atoms with Gasteiger partial charge in [-0.15, -0.1) is 0 Å². The molecule has 0 heterocycles. The van der Waals surface area contributed by atoms with Gasteiger partial charge in [0.15, 0.2) is 0 Å². The topological polar surface area (TPSA) is 89.8 Å². The fraction of sp³-hybridized carbons (Fsp3) is 0.300. The molecule has 0 saturated heterocycles. The highest BCUT2D eigenvalue weighted by atomic mass is 79.9. The third-order valence-electron chi connectivity index (χ3n) is 2.01. The molecule has 5 nitrogen and oxygen atoms in total. The Labute approximate surface area is 101 Å². The number of anilines is 1. The molecule has 0 fully saturated rings. The Bertz CT molecular complexity index is 379. The first kappa shape index (κ1) is 13.0. The van der Waals surface area contributed by atoms with Crippen LogP contribution in [0.1, 0.15) is 10.4 Å². The van der Waals surface area contributed by atoms with E-state index in [1.54, 1.807) is 12.1 Å². The van der Waals surface area contributed by atoms with Crippen LogP contribution in [0.2, 0.25) is 0 Å². The quantitative estimate of drug-likeness (QED) is 0.647. The van der Waals surface area contributed by atoms with Crippen LogP contribution in [0.3, 0.4) is 0 Å². The second-order valence-corrected chi connectivity index (χ2v) is 4.06. The van der Waals surface area contributed by atoms with E-state index in [1.807, 2.05) is 0 Å². The van der Waals surface area contributed by atoms with E-state index in [0.29, 0.717) is 10.2 Å². The van der Waals surface area contributed by atoms with Crippen molar-refractivity contribution in [1.82, 2.24) is 0 Å². The molecule has 0 bridgehead atoms. The standard InChI is InChI=1S/C10H12BrNO4/c11-9-3-6(12-7(4-13)5-14)1-2-8(9)10(15)16/h1-3,7,12-14H,4-5H2,(H,15,16). The van der Waals surface area contributed by atoms with E-state index in [1.165, 1.54) is 6.07 Å². The highest BCUT2D eigenvalue weighted by Gasteiger charge is 2.10. The number of rotatable bonds is 5. The van der Waals surface area contributed by atoms with Crippen molar-refractivity contribution in [2.24, 2.45) is 0 Å². The van der Waals surface area contributed by atoms with Crippen molar-refractivity contribution in [3.63, 3.8) is 0 Å². The first-order valence-electron chi connectivity index (χ1n) is 4.59. The Balaban J connectivity index is 2.84. The van der Waals surface area contributed by atoms with Gasteiger partial charge in [0, 0.05) is 10.2 Å². The van der Waals surface area contributed by atoms with Crippen LogP contribution in [0.4, 0.5) is 5.69 Å². The summed E-state index contributed by atoms with van der Waals surface area (Å²) in [6.45, 7) is -0.399. The van der Waals surface area contributed by atoms with Gasteiger partial charge in [-0.1, -0.05) is 0 Å². The van der Waals surface area contributed by atoms with Gasteiger partial charge in [-0.2, -0.15) is 0 Å². The summed E-state index contributed by atoms with van der Waals surface area (Å²) in [4.78, 5) is 10.7. The highest BCUT2D eigenvalue weighted by Crippen LogP contribution is 2.22. The van der Waals surface area contributed by atoms with Crippen molar-refractivity contribution >= 4 is 27.6 Å². The fourth-order valence-corrected chi connectivity index (χ4v) is 1.71. The molecule has 1 rings (SSSR count). The Kier molecular flexibility index (Phi) is 4.72. The second kappa shape index (κ2) is 5.83. The maximum atomic E-state index is 10.7. The minimum Gasteiger partial charge on any atom is -0.478 e. The lowest BCUT2D eigenvalue weighted by Crippen LogP contribution is -2.27. The molecular formula is C10H12BrNO4. The van der Waals surface area contributed by atoms with Gasteiger partial charge in [0.1, 0.15) is 0 Å². The number of aliphatic hydroxyl groups excluding tert-OH is 2. The zero-order chi connectivity index (χ0) is 12.1. The summed E-state index contributed by atoms with van der Waals surface area (Å²) in [5.74, 6) is -1.01. The molecule has 6 heteroatoms. The molecule has 1 aromatic rings. The van der Waals surface area contributed by atoms with Crippen LogP contribution < -0.4 is 5.32 Å². The van der Waals surface area contributed by atoms with E-state index >= 15 is 0 Å². The van der Waals surface area contributed by atoms with Crippen LogP contribution in [-0.2, 0) is 0 Å². The first-order valence-corrected chi connectivity index (χ1v) is 5.39. The summed E-state index contributed by atoms with van der Waals surface area (Å²) in [6.07, 6.45) is 0. The normalized spacial score (nSPS) is 10.5. The summed E-state index contributed by atoms with van der Waals surface area (Å²) >= 11 is 3.14. The Morgan fingerprint density at radius 2 is 2.00 bits per heavy atom. The van der Waals surface area contributed by atoms with E-state index in [0.717, 1.165) is 0 Å². The smallest absolute Gasteiger partial charge is 0.336 e. The molecule has 0 atom stereocenters. The number of carboxylic acids is 1. The van der Waals surface area contributed by atoms with Crippen molar-refractivity contribution in [3.8, 4) is 0 Å². The van der Waals surface area contributed by atoms with E-state index < -0.39 is 12.0 Å². The minimum atomic E-state index is -1.01. The zero-order valence-electron chi connectivity index (χ0n) is 8.35. The summed E-state index contributed by atoms with van der Waals surface area (Å²) in [7, 11) is 0. The van der Waals surface area contributed by atoms with Crippen molar-refractivity contribution in [1.29, 1.82) is 0 Å². The van der Waals surface area contributed by atoms with Gasteiger partial charge in [-0.25, -0.2) is 4.79 Å². The Morgan fingerprint density at radius 3 is 2.44 bits per heavy atom. The van der Waals surface area contributed by atoms with E-state index in [2.05, 4.69) is 21.2 Å². The van der Waals surface area contributed by atoms with Gasteiger partial charge in [-0.05, 0) is 34.1 Å². The molecule has 0 aliphatic rings. The molecule has 0 saturated carbocycles. The van der Waals surface area contributed by atoms with E-state index in [9.17, 15) is 4.79 Å². The van der Waals surface area contributed by atoms with Crippen LogP contribution in [0.25, 0.3) is 0 Å². The number of nitrogens with one attached hydrogen (secondary N) is 1. The fourth-order valence-electron chi connectivity index (χ4n) is 1.16. The maximum Gasteiger partial charge on any atom is 0.336 e. The number of halogens is 1. The van der Waals surface area contributed by atoms with Gasteiger partial charge in [-0.3, -0.25) is 0 Å². The molecule has 1 aromatic carbocycles. The summed E-state index contributed by atoms with van der Waals surface area (Å²) in [5, 5.41) is 29.4.